The number of aliphatic carboxylic acids is 1. The first kappa shape index (κ1) is 28.6. The van der Waals surface area contributed by atoms with Crippen molar-refractivity contribution in [3.05, 3.63) is 68.9 Å². The number of nitrogens with one attached hydrogen (secondary N) is 1. The molecule has 14 heteroatoms. The third kappa shape index (κ3) is 7.66. The number of alkyl halides is 6. The summed E-state index contributed by atoms with van der Waals surface area (Å²) in [4.78, 5) is 29.0. The van der Waals surface area contributed by atoms with Crippen molar-refractivity contribution in [2.75, 3.05) is 7.05 Å². The van der Waals surface area contributed by atoms with Gasteiger partial charge in [0.05, 0.1) is 5.69 Å². The highest BCUT2D eigenvalue weighted by Crippen LogP contribution is 2.30. The number of carboxylic acid groups (broad SMARTS) is 1. The van der Waals surface area contributed by atoms with Gasteiger partial charge in [-0.1, -0.05) is 24.3 Å². The molecule has 2 heterocycles. The van der Waals surface area contributed by atoms with Gasteiger partial charge >= 0.3 is 18.3 Å². The van der Waals surface area contributed by atoms with E-state index in [0.717, 1.165) is 30.3 Å². The fraction of sp³-hybridized carbons (Fsp3) is 0.364. The molecule has 0 fully saturated rings. The zero-order chi connectivity index (χ0) is 27.4. The number of carbonyl (C=O) groups is 1. The standard InChI is InChI=1S/C20H22F3N5O.C2HF3O2/c1-12-17(20(21,22)23)24-18(25-19(12)29)15-7-5-14(6-8-15)9-27(3)10-16-11-28(4)26-13(16)2;3-2(4,5)1(6)7/h5-8,11H,9-10H2,1-4H3,(H,24,25,29);(H,6,7). The van der Waals surface area contributed by atoms with Gasteiger partial charge in [-0.2, -0.15) is 31.4 Å². The zero-order valence-corrected chi connectivity index (χ0v) is 19.6. The molecule has 1 aromatic carbocycles. The number of rotatable bonds is 5. The van der Waals surface area contributed by atoms with Crippen molar-refractivity contribution < 1.29 is 36.2 Å². The molecule has 0 aliphatic rings. The normalized spacial score (nSPS) is 11.9. The van der Waals surface area contributed by atoms with Gasteiger partial charge in [-0.05, 0) is 26.5 Å². The van der Waals surface area contributed by atoms with Crippen LogP contribution in [0.3, 0.4) is 0 Å². The van der Waals surface area contributed by atoms with Gasteiger partial charge in [0.25, 0.3) is 5.56 Å². The number of carboxylic acids is 1. The molecule has 0 atom stereocenters. The monoisotopic (exact) mass is 519 g/mol. The molecule has 8 nitrogen and oxygen atoms in total. The average molecular weight is 519 g/mol. The van der Waals surface area contributed by atoms with E-state index < -0.39 is 35.1 Å². The first-order chi connectivity index (χ1) is 16.5. The fourth-order valence-corrected chi connectivity index (χ4v) is 3.18. The van der Waals surface area contributed by atoms with Crippen LogP contribution >= 0.6 is 0 Å². The van der Waals surface area contributed by atoms with E-state index >= 15 is 0 Å². The van der Waals surface area contributed by atoms with E-state index in [1.807, 2.05) is 39.3 Å². The minimum absolute atomic E-state index is 0.0983. The van der Waals surface area contributed by atoms with Crippen LogP contribution in [0, 0.1) is 13.8 Å². The maximum atomic E-state index is 13.1. The van der Waals surface area contributed by atoms with Gasteiger partial charge in [0.1, 0.15) is 5.82 Å². The van der Waals surface area contributed by atoms with Crippen molar-refractivity contribution in [1.82, 2.24) is 24.6 Å². The zero-order valence-electron chi connectivity index (χ0n) is 19.6. The number of hydrogen-bond donors (Lipinski definition) is 2. The molecule has 2 N–H and O–H groups in total. The van der Waals surface area contributed by atoms with Crippen LogP contribution in [0.2, 0.25) is 0 Å². The van der Waals surface area contributed by atoms with Gasteiger partial charge in [-0.25, -0.2) is 9.78 Å². The summed E-state index contributed by atoms with van der Waals surface area (Å²) in [5.41, 5.74) is 1.12. The van der Waals surface area contributed by atoms with Crippen LogP contribution in [-0.4, -0.2) is 48.9 Å². The molecule has 0 aliphatic carbocycles. The van der Waals surface area contributed by atoms with E-state index in [1.54, 1.807) is 16.8 Å². The number of benzene rings is 1. The molecular weight excluding hydrogens is 496 g/mol. The molecule has 3 aromatic rings. The Morgan fingerprint density at radius 3 is 2.08 bits per heavy atom. The van der Waals surface area contributed by atoms with Crippen molar-refractivity contribution in [3.63, 3.8) is 0 Å². The number of H-pyrrole nitrogens is 1. The van der Waals surface area contributed by atoms with Crippen molar-refractivity contribution in [2.24, 2.45) is 7.05 Å². The number of nitrogens with zero attached hydrogens (tertiary/aromatic N) is 4. The molecule has 36 heavy (non-hydrogen) atoms. The van der Waals surface area contributed by atoms with E-state index in [2.05, 4.69) is 20.0 Å². The first-order valence-electron chi connectivity index (χ1n) is 10.2. The van der Waals surface area contributed by atoms with Crippen LogP contribution in [0.5, 0.6) is 0 Å². The predicted molar refractivity (Wildman–Crippen MR) is 117 cm³/mol. The maximum absolute atomic E-state index is 13.1. The smallest absolute Gasteiger partial charge is 0.475 e. The Bertz CT molecular complexity index is 1260. The van der Waals surface area contributed by atoms with Crippen LogP contribution in [0.4, 0.5) is 26.3 Å². The Hall–Kier alpha value is -3.68. The Morgan fingerprint density at radius 1 is 1.08 bits per heavy atom. The Labute approximate surface area is 201 Å². The van der Waals surface area contributed by atoms with Crippen molar-refractivity contribution in [3.8, 4) is 11.4 Å². The number of aromatic amines is 1. The van der Waals surface area contributed by atoms with E-state index in [9.17, 15) is 31.1 Å². The fourth-order valence-electron chi connectivity index (χ4n) is 3.18. The lowest BCUT2D eigenvalue weighted by molar-refractivity contribution is -0.192. The number of aromatic nitrogens is 4. The summed E-state index contributed by atoms with van der Waals surface area (Å²) in [5, 5.41) is 11.5. The number of hydrogen-bond acceptors (Lipinski definition) is 5. The average Bonchev–Trinajstić information content (AvgIpc) is 3.05. The molecule has 0 unspecified atom stereocenters. The summed E-state index contributed by atoms with van der Waals surface area (Å²) in [5.74, 6) is -2.86. The molecular formula is C22H23F6N5O3. The second-order valence-electron chi connectivity index (χ2n) is 7.97. The summed E-state index contributed by atoms with van der Waals surface area (Å²) in [7, 11) is 3.86. The molecule has 0 aliphatic heterocycles. The van der Waals surface area contributed by atoms with E-state index in [-0.39, 0.29) is 5.82 Å². The van der Waals surface area contributed by atoms with Gasteiger partial charge < -0.3 is 10.1 Å². The van der Waals surface area contributed by atoms with E-state index in [4.69, 9.17) is 9.90 Å². The molecule has 0 amide bonds. The van der Waals surface area contributed by atoms with Crippen molar-refractivity contribution in [1.29, 1.82) is 0 Å². The highest BCUT2D eigenvalue weighted by atomic mass is 19.4. The molecule has 0 spiro atoms. The lowest BCUT2D eigenvalue weighted by Crippen LogP contribution is -2.21. The molecule has 0 bridgehead atoms. The summed E-state index contributed by atoms with van der Waals surface area (Å²) in [6.07, 6.45) is -7.78. The maximum Gasteiger partial charge on any atom is 0.490 e. The van der Waals surface area contributed by atoms with Gasteiger partial charge in [0, 0.05) is 43.0 Å². The largest absolute Gasteiger partial charge is 0.490 e. The molecule has 0 saturated carbocycles. The highest BCUT2D eigenvalue weighted by molar-refractivity contribution is 5.73. The Kier molecular flexibility index (Phi) is 8.67. The minimum atomic E-state index is -5.08. The van der Waals surface area contributed by atoms with E-state index in [1.165, 1.54) is 0 Å². The van der Waals surface area contributed by atoms with E-state index in [0.29, 0.717) is 12.1 Å². The van der Waals surface area contributed by atoms with Crippen LogP contribution in [0.1, 0.15) is 28.1 Å². The van der Waals surface area contributed by atoms with Gasteiger partial charge in [-0.15, -0.1) is 0 Å². The lowest BCUT2D eigenvalue weighted by atomic mass is 10.1. The highest BCUT2D eigenvalue weighted by Gasteiger charge is 2.38. The van der Waals surface area contributed by atoms with Crippen LogP contribution < -0.4 is 5.56 Å². The molecule has 3 rings (SSSR count). The molecule has 196 valence electrons. The van der Waals surface area contributed by atoms with Crippen molar-refractivity contribution in [2.45, 2.75) is 39.3 Å². The SMILES string of the molecule is Cc1nn(C)cc1CN(C)Cc1ccc(-c2nc(C(F)(F)F)c(C)c(=O)[nH]2)cc1.O=C(O)C(F)(F)F. The van der Waals surface area contributed by atoms with Crippen molar-refractivity contribution >= 4 is 5.97 Å². The summed E-state index contributed by atoms with van der Waals surface area (Å²) >= 11 is 0. The second-order valence-corrected chi connectivity index (χ2v) is 7.97. The molecule has 0 radical (unpaired) electrons. The minimum Gasteiger partial charge on any atom is -0.475 e. The van der Waals surface area contributed by atoms with Gasteiger partial charge in [0.15, 0.2) is 5.69 Å². The van der Waals surface area contributed by atoms with Gasteiger partial charge in [0.2, 0.25) is 0 Å². The molecule has 0 saturated heterocycles. The number of halogens is 6. The predicted octanol–water partition coefficient (Wildman–Crippen LogP) is 4.07. The van der Waals surface area contributed by atoms with Gasteiger partial charge in [-0.3, -0.25) is 14.4 Å². The summed E-state index contributed by atoms with van der Waals surface area (Å²) in [6, 6.07) is 6.95. The Morgan fingerprint density at radius 2 is 1.64 bits per heavy atom. The molecule has 2 aromatic heterocycles. The Balaban J connectivity index is 0.000000572. The summed E-state index contributed by atoms with van der Waals surface area (Å²) in [6.45, 7) is 4.45. The third-order valence-electron chi connectivity index (χ3n) is 4.90. The quantitative estimate of drug-likeness (QED) is 0.493. The lowest BCUT2D eigenvalue weighted by Gasteiger charge is -2.16. The topological polar surface area (TPSA) is 104 Å². The first-order valence-corrected chi connectivity index (χ1v) is 10.2. The van der Waals surface area contributed by atoms with Crippen LogP contribution in [-0.2, 0) is 31.1 Å². The summed E-state index contributed by atoms with van der Waals surface area (Å²) < 4.78 is 72.9. The second kappa shape index (κ2) is 10.9. The van der Waals surface area contributed by atoms with Crippen LogP contribution in [0.15, 0.2) is 35.3 Å². The third-order valence-corrected chi connectivity index (χ3v) is 4.90. The number of aryl methyl sites for hydroxylation is 2. The van der Waals surface area contributed by atoms with Crippen LogP contribution in [0.25, 0.3) is 11.4 Å².